The van der Waals surface area contributed by atoms with Gasteiger partial charge in [0, 0.05) is 6.08 Å². The molecule has 186 valence electrons. The molecular formula is C30H42O4. The second-order valence-electron chi connectivity index (χ2n) is 8.65. The van der Waals surface area contributed by atoms with E-state index < -0.39 is 0 Å². The smallest absolute Gasteiger partial charge is 0.330 e. The van der Waals surface area contributed by atoms with Crippen LogP contribution in [-0.4, -0.2) is 25.8 Å². The van der Waals surface area contributed by atoms with Gasteiger partial charge in [-0.25, -0.2) is 4.79 Å². The van der Waals surface area contributed by atoms with E-state index in [0.717, 1.165) is 56.8 Å². The Morgan fingerprint density at radius 3 is 1.50 bits per heavy atom. The fourth-order valence-corrected chi connectivity index (χ4v) is 3.68. The van der Waals surface area contributed by atoms with Gasteiger partial charge in [-0.2, -0.15) is 0 Å². The molecule has 0 bridgehead atoms. The number of unbranched alkanes of at least 4 members (excludes halogenated alkanes) is 9. The summed E-state index contributed by atoms with van der Waals surface area (Å²) in [5, 5.41) is 0. The molecule has 4 nitrogen and oxygen atoms in total. The van der Waals surface area contributed by atoms with Gasteiger partial charge in [-0.15, -0.1) is 0 Å². The van der Waals surface area contributed by atoms with E-state index in [1.807, 2.05) is 12.1 Å². The number of hydrogen-bond donors (Lipinski definition) is 0. The zero-order valence-electron chi connectivity index (χ0n) is 20.9. The van der Waals surface area contributed by atoms with E-state index in [9.17, 15) is 4.79 Å². The maximum Gasteiger partial charge on any atom is 0.330 e. The van der Waals surface area contributed by atoms with E-state index in [2.05, 4.69) is 49.9 Å². The van der Waals surface area contributed by atoms with Gasteiger partial charge < -0.3 is 14.2 Å². The first-order valence-electron chi connectivity index (χ1n) is 13.0. The van der Waals surface area contributed by atoms with Crippen LogP contribution in [0.3, 0.4) is 0 Å². The van der Waals surface area contributed by atoms with Crippen LogP contribution in [0.25, 0.3) is 11.1 Å². The largest absolute Gasteiger partial charge is 0.494 e. The monoisotopic (exact) mass is 466 g/mol. The highest BCUT2D eigenvalue weighted by molar-refractivity contribution is 5.81. The molecule has 0 saturated carbocycles. The predicted octanol–water partition coefficient (Wildman–Crippen LogP) is 8.15. The average Bonchev–Trinajstić information content (AvgIpc) is 2.87. The molecular weight excluding hydrogens is 424 g/mol. The quantitative estimate of drug-likeness (QED) is 0.119. The Balaban J connectivity index is 1.49. The molecule has 0 amide bonds. The van der Waals surface area contributed by atoms with Crippen LogP contribution in [0.5, 0.6) is 11.5 Å². The van der Waals surface area contributed by atoms with Gasteiger partial charge in [0.1, 0.15) is 11.5 Å². The van der Waals surface area contributed by atoms with Gasteiger partial charge >= 0.3 is 5.97 Å². The highest BCUT2D eigenvalue weighted by Gasteiger charge is 2.01. The zero-order valence-corrected chi connectivity index (χ0v) is 20.9. The minimum atomic E-state index is -0.324. The molecule has 34 heavy (non-hydrogen) atoms. The summed E-state index contributed by atoms with van der Waals surface area (Å²) >= 11 is 0. The van der Waals surface area contributed by atoms with Crippen LogP contribution < -0.4 is 9.47 Å². The van der Waals surface area contributed by atoms with E-state index in [4.69, 9.17) is 14.2 Å². The van der Waals surface area contributed by atoms with Crippen LogP contribution in [0.1, 0.15) is 77.6 Å². The van der Waals surface area contributed by atoms with Crippen LogP contribution in [-0.2, 0) is 9.53 Å². The highest BCUT2D eigenvalue weighted by atomic mass is 16.5. The third-order valence-electron chi connectivity index (χ3n) is 5.78. The second kappa shape index (κ2) is 17.7. The van der Waals surface area contributed by atoms with Crippen molar-refractivity contribution in [3.63, 3.8) is 0 Å². The number of esters is 1. The molecule has 0 atom stereocenters. The van der Waals surface area contributed by atoms with Crippen molar-refractivity contribution < 1.29 is 19.0 Å². The number of rotatable bonds is 19. The zero-order chi connectivity index (χ0) is 24.3. The lowest BCUT2D eigenvalue weighted by Gasteiger charge is -2.09. The van der Waals surface area contributed by atoms with E-state index in [1.54, 1.807) is 0 Å². The maximum atomic E-state index is 10.9. The minimum absolute atomic E-state index is 0.324. The van der Waals surface area contributed by atoms with E-state index in [1.165, 1.54) is 55.7 Å². The number of ether oxygens (including phenoxy) is 3. The lowest BCUT2D eigenvalue weighted by Crippen LogP contribution is -2.01. The Bertz CT molecular complexity index is 796. The summed E-state index contributed by atoms with van der Waals surface area (Å²) in [6.45, 7) is 7.62. The van der Waals surface area contributed by atoms with Crippen molar-refractivity contribution in [2.24, 2.45) is 0 Å². The highest BCUT2D eigenvalue weighted by Crippen LogP contribution is 2.25. The van der Waals surface area contributed by atoms with Crippen LogP contribution in [0, 0.1) is 0 Å². The summed E-state index contributed by atoms with van der Waals surface area (Å²) in [4.78, 5) is 10.9. The van der Waals surface area contributed by atoms with Gasteiger partial charge in [0.15, 0.2) is 0 Å². The second-order valence-corrected chi connectivity index (χ2v) is 8.65. The molecule has 0 aliphatic heterocycles. The molecule has 0 radical (unpaired) electrons. The number of benzene rings is 2. The van der Waals surface area contributed by atoms with E-state index in [-0.39, 0.29) is 5.97 Å². The molecule has 0 unspecified atom stereocenters. The summed E-state index contributed by atoms with van der Waals surface area (Å²) in [6, 6.07) is 16.6. The topological polar surface area (TPSA) is 44.8 Å². The molecule has 0 heterocycles. The van der Waals surface area contributed by atoms with Gasteiger partial charge in [0.05, 0.1) is 19.8 Å². The van der Waals surface area contributed by atoms with Crippen molar-refractivity contribution in [3.8, 4) is 22.6 Å². The Labute approximate surface area is 206 Å². The lowest BCUT2D eigenvalue weighted by atomic mass is 10.1. The fourth-order valence-electron chi connectivity index (χ4n) is 3.68. The van der Waals surface area contributed by atoms with Crippen LogP contribution >= 0.6 is 0 Å². The summed E-state index contributed by atoms with van der Waals surface area (Å²) in [7, 11) is 0. The molecule has 0 spiro atoms. The van der Waals surface area contributed by atoms with Crippen molar-refractivity contribution in [1.29, 1.82) is 0 Å². The van der Waals surface area contributed by atoms with Gasteiger partial charge in [-0.1, -0.05) is 89.1 Å². The molecule has 0 aliphatic carbocycles. The Morgan fingerprint density at radius 2 is 1.06 bits per heavy atom. The standard InChI is InChI=1S/C30H42O4/c1-3-5-23-32-28-19-15-26(16-20-28)27-17-21-29(22-18-27)33-24-13-11-9-7-6-8-10-12-14-25-34-30(31)4-2/h4,15-22H,2-3,5-14,23-25H2,1H3. The summed E-state index contributed by atoms with van der Waals surface area (Å²) < 4.78 is 16.6. The van der Waals surface area contributed by atoms with Crippen molar-refractivity contribution >= 4 is 5.97 Å². The molecule has 0 aromatic heterocycles. The maximum absolute atomic E-state index is 10.9. The Morgan fingerprint density at radius 1 is 0.647 bits per heavy atom. The van der Waals surface area contributed by atoms with E-state index >= 15 is 0 Å². The molecule has 0 saturated heterocycles. The van der Waals surface area contributed by atoms with Crippen molar-refractivity contribution in [3.05, 3.63) is 61.2 Å². The first-order chi connectivity index (χ1) is 16.7. The molecule has 2 aromatic carbocycles. The summed E-state index contributed by atoms with van der Waals surface area (Å²) in [5.41, 5.74) is 2.37. The third-order valence-corrected chi connectivity index (χ3v) is 5.78. The van der Waals surface area contributed by atoms with Gasteiger partial charge in [-0.3, -0.25) is 0 Å². The molecule has 0 N–H and O–H groups in total. The number of hydrogen-bond acceptors (Lipinski definition) is 4. The average molecular weight is 467 g/mol. The van der Waals surface area contributed by atoms with Crippen LogP contribution in [0.15, 0.2) is 61.2 Å². The van der Waals surface area contributed by atoms with E-state index in [0.29, 0.717) is 6.61 Å². The van der Waals surface area contributed by atoms with Crippen LogP contribution in [0.4, 0.5) is 0 Å². The molecule has 2 aromatic rings. The van der Waals surface area contributed by atoms with Crippen LogP contribution in [0.2, 0.25) is 0 Å². The summed E-state index contributed by atoms with van der Waals surface area (Å²) in [6.07, 6.45) is 14.1. The minimum Gasteiger partial charge on any atom is -0.494 e. The first kappa shape index (κ1) is 27.5. The summed E-state index contributed by atoms with van der Waals surface area (Å²) in [5.74, 6) is 1.54. The first-order valence-corrected chi connectivity index (χ1v) is 13.0. The van der Waals surface area contributed by atoms with Gasteiger partial charge in [-0.05, 0) is 54.7 Å². The molecule has 4 heteroatoms. The number of carbonyl (C=O) groups excluding carboxylic acids is 1. The van der Waals surface area contributed by atoms with Crippen molar-refractivity contribution in [1.82, 2.24) is 0 Å². The fraction of sp³-hybridized carbons (Fsp3) is 0.500. The van der Waals surface area contributed by atoms with Crippen molar-refractivity contribution in [2.45, 2.75) is 77.6 Å². The van der Waals surface area contributed by atoms with Crippen molar-refractivity contribution in [2.75, 3.05) is 19.8 Å². The molecule has 2 rings (SSSR count). The normalized spacial score (nSPS) is 10.6. The molecule has 0 fully saturated rings. The molecule has 0 aliphatic rings. The predicted molar refractivity (Wildman–Crippen MR) is 140 cm³/mol. The SMILES string of the molecule is C=CC(=O)OCCCCCCCCCCCOc1ccc(-c2ccc(OCCCC)cc2)cc1. The number of carbonyl (C=O) groups is 1. The van der Waals surface area contributed by atoms with Gasteiger partial charge in [0.25, 0.3) is 0 Å². The van der Waals surface area contributed by atoms with Gasteiger partial charge in [0.2, 0.25) is 0 Å². The lowest BCUT2D eigenvalue weighted by molar-refractivity contribution is -0.137. The Hall–Kier alpha value is -2.75. The Kier molecular flexibility index (Phi) is 14.3. The third kappa shape index (κ3) is 11.9.